The smallest absolute Gasteiger partial charge is 0.316 e. The third-order valence-corrected chi connectivity index (χ3v) is 1.28. The predicted molar refractivity (Wildman–Crippen MR) is 49.1 cm³/mol. The number of hydrogen-bond acceptors (Lipinski definition) is 3. The number of carbonyl (C=O) groups is 2. The van der Waals surface area contributed by atoms with E-state index in [2.05, 4.69) is 10.6 Å². The van der Waals surface area contributed by atoms with Crippen LogP contribution in [-0.4, -0.2) is 50.6 Å². The number of urea groups is 1. The second kappa shape index (κ2) is 6.24. The topological polar surface area (TPSA) is 87.5 Å². The van der Waals surface area contributed by atoms with Gasteiger partial charge in [-0.25, -0.2) is 4.79 Å². The van der Waals surface area contributed by atoms with Crippen LogP contribution >= 0.6 is 0 Å². The maximum Gasteiger partial charge on any atom is 0.316 e. The number of nitrogens with one attached hydrogen (secondary N) is 2. The van der Waals surface area contributed by atoms with Crippen molar-refractivity contribution in [2.24, 2.45) is 5.73 Å². The molecule has 13 heavy (non-hydrogen) atoms. The number of rotatable bonds is 5. The Bertz CT molecular complexity index is 181. The molecule has 0 rings (SSSR count). The van der Waals surface area contributed by atoms with Crippen molar-refractivity contribution >= 4 is 11.9 Å². The second-order valence-corrected chi connectivity index (χ2v) is 2.77. The van der Waals surface area contributed by atoms with E-state index in [4.69, 9.17) is 5.73 Å². The van der Waals surface area contributed by atoms with Gasteiger partial charge in [0.25, 0.3) is 0 Å². The highest BCUT2D eigenvalue weighted by Gasteiger charge is 2.00. The number of primary amides is 1. The summed E-state index contributed by atoms with van der Waals surface area (Å²) >= 11 is 0. The van der Waals surface area contributed by atoms with E-state index >= 15 is 0 Å². The molecule has 0 aliphatic heterocycles. The van der Waals surface area contributed by atoms with Gasteiger partial charge in [-0.05, 0) is 0 Å². The van der Waals surface area contributed by atoms with Crippen molar-refractivity contribution in [2.45, 2.75) is 0 Å². The lowest BCUT2D eigenvalue weighted by Gasteiger charge is -2.11. The quantitative estimate of drug-likeness (QED) is 0.451. The number of nitrogens with two attached hydrogens (primary N) is 1. The molecule has 0 atom stereocenters. The molecule has 0 fully saturated rings. The minimum Gasteiger partial charge on any atom is -0.369 e. The molecule has 0 unspecified atom stereocenters. The van der Waals surface area contributed by atoms with Crippen LogP contribution in [0.2, 0.25) is 0 Å². The van der Waals surface area contributed by atoms with Gasteiger partial charge in [-0.2, -0.15) is 0 Å². The van der Waals surface area contributed by atoms with Crippen LogP contribution in [0.4, 0.5) is 4.79 Å². The normalized spacial score (nSPS) is 9.38. The fourth-order valence-corrected chi connectivity index (χ4v) is 0.628. The third-order valence-electron chi connectivity index (χ3n) is 1.28. The van der Waals surface area contributed by atoms with Crippen LogP contribution in [0.3, 0.4) is 0 Å². The van der Waals surface area contributed by atoms with Crippen LogP contribution in [0, 0.1) is 0 Å². The van der Waals surface area contributed by atoms with Gasteiger partial charge in [-0.1, -0.05) is 0 Å². The Kier molecular flexibility index (Phi) is 5.62. The summed E-state index contributed by atoms with van der Waals surface area (Å²) in [5.74, 6) is -0.404. The first-order valence-corrected chi connectivity index (χ1v) is 3.98. The van der Waals surface area contributed by atoms with E-state index in [1.165, 1.54) is 4.90 Å². The molecular weight excluding hydrogens is 172 g/mol. The van der Waals surface area contributed by atoms with Crippen LogP contribution in [0.15, 0.2) is 0 Å². The standard InChI is InChI=1S/C7H16N4O2/c1-11(2)7(13)10-4-3-9-5-6(8)12/h9H,3-5H2,1-2H3,(H2,8,12)(H,10,13). The van der Waals surface area contributed by atoms with E-state index in [0.717, 1.165) is 0 Å². The highest BCUT2D eigenvalue weighted by molar-refractivity contribution is 5.76. The Morgan fingerprint density at radius 1 is 1.31 bits per heavy atom. The first kappa shape index (κ1) is 11.7. The van der Waals surface area contributed by atoms with Gasteiger partial charge in [0.05, 0.1) is 6.54 Å². The first-order chi connectivity index (χ1) is 6.04. The lowest BCUT2D eigenvalue weighted by Crippen LogP contribution is -2.40. The SMILES string of the molecule is CN(C)C(=O)NCCNCC(N)=O. The summed E-state index contributed by atoms with van der Waals surface area (Å²) in [6, 6.07) is -0.152. The van der Waals surface area contributed by atoms with Gasteiger partial charge in [-0.15, -0.1) is 0 Å². The summed E-state index contributed by atoms with van der Waals surface area (Å²) < 4.78 is 0. The fourth-order valence-electron chi connectivity index (χ4n) is 0.628. The van der Waals surface area contributed by atoms with Gasteiger partial charge in [-0.3, -0.25) is 4.79 Å². The van der Waals surface area contributed by atoms with Crippen molar-refractivity contribution in [3.05, 3.63) is 0 Å². The molecule has 4 N–H and O–H groups in total. The number of nitrogens with zero attached hydrogens (tertiary/aromatic N) is 1. The summed E-state index contributed by atoms with van der Waals surface area (Å²) in [4.78, 5) is 22.6. The maximum atomic E-state index is 10.9. The van der Waals surface area contributed by atoms with Crippen LogP contribution in [0.25, 0.3) is 0 Å². The van der Waals surface area contributed by atoms with E-state index in [1.54, 1.807) is 14.1 Å². The Labute approximate surface area is 77.5 Å². The predicted octanol–water partition coefficient (Wildman–Crippen LogP) is -1.67. The van der Waals surface area contributed by atoms with Crippen molar-refractivity contribution in [3.63, 3.8) is 0 Å². The molecule has 3 amide bonds. The van der Waals surface area contributed by atoms with E-state index in [9.17, 15) is 9.59 Å². The highest BCUT2D eigenvalue weighted by Crippen LogP contribution is 1.74. The minimum absolute atomic E-state index is 0.137. The zero-order valence-corrected chi connectivity index (χ0v) is 7.96. The molecule has 0 radical (unpaired) electrons. The van der Waals surface area contributed by atoms with Crippen LogP contribution in [-0.2, 0) is 4.79 Å². The van der Waals surface area contributed by atoms with Crippen molar-refractivity contribution in [2.75, 3.05) is 33.7 Å². The molecule has 0 aliphatic rings. The number of carbonyl (C=O) groups excluding carboxylic acids is 2. The summed E-state index contributed by atoms with van der Waals surface area (Å²) in [7, 11) is 3.32. The van der Waals surface area contributed by atoms with Crippen molar-refractivity contribution < 1.29 is 9.59 Å². The van der Waals surface area contributed by atoms with Gasteiger partial charge < -0.3 is 21.3 Å². The molecule has 0 saturated heterocycles. The zero-order chi connectivity index (χ0) is 10.3. The average molecular weight is 188 g/mol. The summed E-state index contributed by atoms with van der Waals surface area (Å²) in [6.45, 7) is 1.14. The van der Waals surface area contributed by atoms with Gasteiger partial charge in [0.15, 0.2) is 0 Å². The summed E-state index contributed by atoms with van der Waals surface area (Å²) in [5, 5.41) is 5.40. The van der Waals surface area contributed by atoms with Gasteiger partial charge in [0.2, 0.25) is 5.91 Å². The van der Waals surface area contributed by atoms with E-state index < -0.39 is 5.91 Å². The molecule has 0 aromatic rings. The van der Waals surface area contributed by atoms with Gasteiger partial charge in [0.1, 0.15) is 0 Å². The largest absolute Gasteiger partial charge is 0.369 e. The summed E-state index contributed by atoms with van der Waals surface area (Å²) in [6.07, 6.45) is 0. The molecule has 0 aliphatic carbocycles. The zero-order valence-electron chi connectivity index (χ0n) is 7.96. The Hall–Kier alpha value is -1.30. The number of hydrogen-bond donors (Lipinski definition) is 3. The molecule has 76 valence electrons. The van der Waals surface area contributed by atoms with Crippen molar-refractivity contribution in [3.8, 4) is 0 Å². The van der Waals surface area contributed by atoms with Gasteiger partial charge >= 0.3 is 6.03 Å². The van der Waals surface area contributed by atoms with Crippen LogP contribution in [0.5, 0.6) is 0 Å². The van der Waals surface area contributed by atoms with Crippen molar-refractivity contribution in [1.82, 2.24) is 15.5 Å². The highest BCUT2D eigenvalue weighted by atomic mass is 16.2. The van der Waals surface area contributed by atoms with E-state index in [1.807, 2.05) is 0 Å². The molecule has 0 aromatic carbocycles. The molecule has 0 heterocycles. The lowest BCUT2D eigenvalue weighted by molar-refractivity contribution is -0.117. The van der Waals surface area contributed by atoms with Gasteiger partial charge in [0, 0.05) is 27.2 Å². The third kappa shape index (κ3) is 7.07. The molecule has 0 bridgehead atoms. The van der Waals surface area contributed by atoms with E-state index in [-0.39, 0.29) is 12.6 Å². The monoisotopic (exact) mass is 188 g/mol. The first-order valence-electron chi connectivity index (χ1n) is 3.98. The maximum absolute atomic E-state index is 10.9. The minimum atomic E-state index is -0.404. The van der Waals surface area contributed by atoms with Crippen LogP contribution in [0.1, 0.15) is 0 Å². The fraction of sp³-hybridized carbons (Fsp3) is 0.714. The Morgan fingerprint density at radius 2 is 1.92 bits per heavy atom. The average Bonchev–Trinajstić information content (AvgIpc) is 2.02. The molecule has 0 spiro atoms. The van der Waals surface area contributed by atoms with Crippen molar-refractivity contribution in [1.29, 1.82) is 0 Å². The molecule has 6 nitrogen and oxygen atoms in total. The summed E-state index contributed by atoms with van der Waals surface area (Å²) in [5.41, 5.74) is 4.89. The molecule has 0 aromatic heterocycles. The Balaban J connectivity index is 3.26. The number of amides is 3. The second-order valence-electron chi connectivity index (χ2n) is 2.77. The molecular formula is C7H16N4O2. The van der Waals surface area contributed by atoms with Crippen LogP contribution < -0.4 is 16.4 Å². The molecule has 6 heteroatoms. The Morgan fingerprint density at radius 3 is 2.38 bits per heavy atom. The lowest BCUT2D eigenvalue weighted by atomic mass is 10.5. The van der Waals surface area contributed by atoms with E-state index in [0.29, 0.717) is 13.1 Å². The molecule has 0 saturated carbocycles.